The highest BCUT2D eigenvalue weighted by Crippen LogP contribution is 2.34. The third kappa shape index (κ3) is 12.2. The molecule has 0 bridgehead atoms. The Balaban J connectivity index is 2.03. The normalized spacial score (nSPS) is 11.9. The van der Waals surface area contributed by atoms with Gasteiger partial charge < -0.3 is 4.74 Å². The molecule has 0 saturated carbocycles. The van der Waals surface area contributed by atoms with Crippen LogP contribution in [0.5, 0.6) is 0 Å². The van der Waals surface area contributed by atoms with Crippen LogP contribution < -0.4 is 0 Å². The maximum Gasteiger partial charge on any atom is 0.386 e. The van der Waals surface area contributed by atoms with Crippen LogP contribution in [0.3, 0.4) is 0 Å². The first-order valence-electron chi connectivity index (χ1n) is 12.0. The van der Waals surface area contributed by atoms with Crippen LogP contribution in [0.25, 0.3) is 0 Å². The van der Waals surface area contributed by atoms with Crippen molar-refractivity contribution in [2.75, 3.05) is 12.9 Å². The number of ether oxygens (including phenoxy) is 1. The average Bonchev–Trinajstić information content (AvgIpc) is 2.75. The lowest BCUT2D eigenvalue weighted by Gasteiger charge is -2.16. The van der Waals surface area contributed by atoms with Crippen LogP contribution in [0.15, 0.2) is 17.0 Å². The van der Waals surface area contributed by atoms with Crippen LogP contribution in [-0.2, 0) is 10.8 Å². The third-order valence-electron chi connectivity index (χ3n) is 5.60. The molecule has 0 N–H and O–H groups in total. The van der Waals surface area contributed by atoms with Crippen LogP contribution in [0.1, 0.15) is 109 Å². The van der Waals surface area contributed by atoms with Gasteiger partial charge in [0.2, 0.25) is 0 Å². The Morgan fingerprint density at radius 3 is 1.61 bits per heavy atom. The Kier molecular flexibility index (Phi) is 15.3. The molecule has 0 atom stereocenters. The van der Waals surface area contributed by atoms with Crippen LogP contribution in [-0.4, -0.2) is 12.9 Å². The second-order valence-electron chi connectivity index (χ2n) is 8.28. The standard InChI is InChI=1S/C25H40F4OS/c1-3-4-5-6-7-8-9-10-11-12-13-14-15-16-17-18-31-24-20-22(26)21(19-23(24)27)25(28,29)30-2/h19-20H,3-18H2,1-2H3. The molecule has 0 heterocycles. The van der Waals surface area contributed by atoms with Crippen molar-refractivity contribution in [2.24, 2.45) is 0 Å². The van der Waals surface area contributed by atoms with Crippen molar-refractivity contribution in [3.8, 4) is 0 Å². The number of unbranched alkanes of at least 4 members (excludes halogenated alkanes) is 14. The van der Waals surface area contributed by atoms with E-state index in [0.717, 1.165) is 32.4 Å². The number of halogens is 4. The summed E-state index contributed by atoms with van der Waals surface area (Å²) in [4.78, 5) is 0.0681. The lowest BCUT2D eigenvalue weighted by Crippen LogP contribution is -2.18. The number of alkyl halides is 2. The highest BCUT2D eigenvalue weighted by atomic mass is 32.2. The number of rotatable bonds is 19. The number of methoxy groups -OCH3 is 1. The monoisotopic (exact) mass is 464 g/mol. The molecule has 1 nitrogen and oxygen atoms in total. The van der Waals surface area contributed by atoms with Crippen molar-refractivity contribution >= 4 is 11.8 Å². The van der Waals surface area contributed by atoms with Crippen LogP contribution in [0, 0.1) is 11.6 Å². The van der Waals surface area contributed by atoms with Gasteiger partial charge in [0.1, 0.15) is 11.6 Å². The molecule has 180 valence electrons. The maximum absolute atomic E-state index is 14.0. The average molecular weight is 465 g/mol. The largest absolute Gasteiger partial charge is 0.386 e. The van der Waals surface area contributed by atoms with E-state index in [1.54, 1.807) is 0 Å². The Hall–Kier alpha value is -0.750. The summed E-state index contributed by atoms with van der Waals surface area (Å²) >= 11 is 1.17. The topological polar surface area (TPSA) is 9.23 Å². The van der Waals surface area contributed by atoms with Crippen molar-refractivity contribution in [2.45, 2.75) is 114 Å². The van der Waals surface area contributed by atoms with Gasteiger partial charge in [0.15, 0.2) is 0 Å². The van der Waals surface area contributed by atoms with Gasteiger partial charge in [0.05, 0.1) is 5.56 Å². The third-order valence-corrected chi connectivity index (χ3v) is 6.71. The Morgan fingerprint density at radius 2 is 1.16 bits per heavy atom. The summed E-state index contributed by atoms with van der Waals surface area (Å²) in [5, 5.41) is 0. The Bertz CT molecular complexity index is 595. The zero-order chi connectivity index (χ0) is 23.0. The molecular formula is C25H40F4OS. The zero-order valence-electron chi connectivity index (χ0n) is 19.3. The molecule has 6 heteroatoms. The van der Waals surface area contributed by atoms with E-state index in [1.165, 1.54) is 88.8 Å². The van der Waals surface area contributed by atoms with Gasteiger partial charge in [-0.05, 0) is 24.3 Å². The Morgan fingerprint density at radius 1 is 0.710 bits per heavy atom. The summed E-state index contributed by atoms with van der Waals surface area (Å²) in [5.41, 5.74) is -1.07. The SMILES string of the molecule is CCCCCCCCCCCCCCCCCSc1cc(F)c(C(F)(F)OC)cc1F. The van der Waals surface area contributed by atoms with Gasteiger partial charge in [-0.3, -0.25) is 0 Å². The zero-order valence-corrected chi connectivity index (χ0v) is 20.1. The minimum absolute atomic E-state index is 0.0681. The van der Waals surface area contributed by atoms with Gasteiger partial charge in [-0.25, -0.2) is 8.78 Å². The van der Waals surface area contributed by atoms with Gasteiger partial charge in [0, 0.05) is 12.0 Å². The van der Waals surface area contributed by atoms with Crippen molar-refractivity contribution < 1.29 is 22.3 Å². The molecule has 0 saturated heterocycles. The van der Waals surface area contributed by atoms with Gasteiger partial charge >= 0.3 is 6.11 Å². The molecule has 0 aliphatic rings. The van der Waals surface area contributed by atoms with E-state index < -0.39 is 23.3 Å². The van der Waals surface area contributed by atoms with Crippen LogP contribution in [0.2, 0.25) is 0 Å². The van der Waals surface area contributed by atoms with Gasteiger partial charge in [-0.15, -0.1) is 11.8 Å². The number of hydrogen-bond donors (Lipinski definition) is 0. The molecule has 0 amide bonds. The van der Waals surface area contributed by atoms with Crippen molar-refractivity contribution in [3.63, 3.8) is 0 Å². The number of hydrogen-bond acceptors (Lipinski definition) is 2. The summed E-state index contributed by atoms with van der Waals surface area (Å²) in [5.74, 6) is -1.33. The second-order valence-corrected chi connectivity index (χ2v) is 9.42. The first-order chi connectivity index (χ1) is 14.9. The van der Waals surface area contributed by atoms with Gasteiger partial charge in [-0.2, -0.15) is 8.78 Å². The first-order valence-corrected chi connectivity index (χ1v) is 13.0. The smallest absolute Gasteiger partial charge is 0.320 e. The first kappa shape index (κ1) is 28.3. The second kappa shape index (κ2) is 16.8. The maximum atomic E-state index is 14.0. The van der Waals surface area contributed by atoms with Crippen molar-refractivity contribution in [3.05, 3.63) is 29.3 Å². The number of benzene rings is 1. The summed E-state index contributed by atoms with van der Waals surface area (Å²) in [7, 11) is 0.760. The van der Waals surface area contributed by atoms with E-state index in [-0.39, 0.29) is 4.90 Å². The molecule has 0 unspecified atom stereocenters. The van der Waals surface area contributed by atoms with E-state index in [2.05, 4.69) is 11.7 Å². The lowest BCUT2D eigenvalue weighted by atomic mass is 10.0. The molecule has 1 aromatic carbocycles. The predicted octanol–water partition coefficient (Wildman–Crippen LogP) is 9.62. The summed E-state index contributed by atoms with van der Waals surface area (Å²) < 4.78 is 58.7. The molecule has 0 aromatic heterocycles. The fourth-order valence-corrected chi connectivity index (χ4v) is 4.58. The van der Waals surface area contributed by atoms with E-state index in [9.17, 15) is 17.6 Å². The fourth-order valence-electron chi connectivity index (χ4n) is 3.63. The van der Waals surface area contributed by atoms with E-state index in [0.29, 0.717) is 11.8 Å². The van der Waals surface area contributed by atoms with E-state index in [4.69, 9.17) is 0 Å². The molecule has 0 aliphatic heterocycles. The highest BCUT2D eigenvalue weighted by Gasteiger charge is 2.35. The van der Waals surface area contributed by atoms with E-state index >= 15 is 0 Å². The number of thioether (sulfide) groups is 1. The fraction of sp³-hybridized carbons (Fsp3) is 0.760. The summed E-state index contributed by atoms with van der Waals surface area (Å²) in [6.45, 7) is 2.25. The quantitative estimate of drug-likeness (QED) is 0.114. The molecular weight excluding hydrogens is 424 g/mol. The molecule has 1 aromatic rings. The minimum Gasteiger partial charge on any atom is -0.320 e. The summed E-state index contributed by atoms with van der Waals surface area (Å²) in [6, 6.07) is 1.38. The highest BCUT2D eigenvalue weighted by molar-refractivity contribution is 7.99. The summed E-state index contributed by atoms with van der Waals surface area (Å²) in [6.07, 6.45) is 15.3. The predicted molar refractivity (Wildman–Crippen MR) is 123 cm³/mol. The van der Waals surface area contributed by atoms with Crippen molar-refractivity contribution in [1.82, 2.24) is 0 Å². The van der Waals surface area contributed by atoms with Gasteiger partial charge in [-0.1, -0.05) is 96.8 Å². The molecule has 0 spiro atoms. The van der Waals surface area contributed by atoms with E-state index in [1.807, 2.05) is 0 Å². The molecule has 0 radical (unpaired) electrons. The molecule has 0 fully saturated rings. The lowest BCUT2D eigenvalue weighted by molar-refractivity contribution is -0.233. The minimum atomic E-state index is -3.83. The molecule has 1 rings (SSSR count). The molecule has 0 aliphatic carbocycles. The van der Waals surface area contributed by atoms with Crippen LogP contribution >= 0.6 is 11.8 Å². The molecule has 31 heavy (non-hydrogen) atoms. The Labute approximate surface area is 190 Å². The van der Waals surface area contributed by atoms with Crippen LogP contribution in [0.4, 0.5) is 17.6 Å². The van der Waals surface area contributed by atoms with Gasteiger partial charge in [0.25, 0.3) is 0 Å². The van der Waals surface area contributed by atoms with Crippen molar-refractivity contribution in [1.29, 1.82) is 0 Å².